The second-order valence-electron chi connectivity index (χ2n) is 36.9. The molecule has 136 heavy (non-hydrogen) atoms. The number of carboxylic acids is 1. The lowest BCUT2D eigenvalue weighted by atomic mass is 9.81. The van der Waals surface area contributed by atoms with Crippen molar-refractivity contribution in [2.24, 2.45) is 0 Å². The molecule has 3 amide bonds. The Morgan fingerprint density at radius 1 is 0.559 bits per heavy atom. The van der Waals surface area contributed by atoms with E-state index < -0.39 is 55.6 Å². The van der Waals surface area contributed by atoms with E-state index in [1.807, 2.05) is 115 Å². The van der Waals surface area contributed by atoms with Gasteiger partial charge in [0, 0.05) is 83.3 Å². The third kappa shape index (κ3) is 23.1. The molecule has 9 aliphatic rings. The SMILES string of the molecule is C1COCCN1.CN(C)C(On1nnc2ccccc21)=[N+](C)C.CN1CCOCC1.COc1ccc2c(c1)C=C(c1c(C(=O)N3CCOCC3)c(C)nn1C1CCC1)Cn1c-2c(C2CCCCC2)c2ccc(C(=O)NS(=O)(=O)C(C)C)cc21.COc1ccc2c(c1)C=C(c1c(C(=O)O)c(C)nn1C1CCC1)Cn1c-2c(C2CCCCC2)c2ccc(C(=O)NS(=O)(=O)C(C)C)cc21.F[B-](F)(F)F. The number of rotatable bonds is 17. The fourth-order valence-electron chi connectivity index (χ4n) is 18.9. The summed E-state index contributed by atoms with van der Waals surface area (Å²) in [7, 11) is -0.606. The third-order valence-electron chi connectivity index (χ3n) is 26.5. The van der Waals surface area contributed by atoms with Gasteiger partial charge >= 0.3 is 19.2 Å². The molecule has 0 unspecified atom stereocenters. The van der Waals surface area contributed by atoms with E-state index in [2.05, 4.69) is 81.2 Å². The Bertz CT molecular complexity index is 6340. The number of aryl methyl sites for hydroxylation is 2. The van der Waals surface area contributed by atoms with Gasteiger partial charge in [-0.3, -0.25) is 28.6 Å². The number of carbonyl (C=O) groups is 4. The highest BCUT2D eigenvalue weighted by Gasteiger charge is 2.40. The van der Waals surface area contributed by atoms with Crippen LogP contribution in [0.5, 0.6) is 11.5 Å². The summed E-state index contributed by atoms with van der Waals surface area (Å²) in [6, 6.07) is 31.9. The van der Waals surface area contributed by atoms with Gasteiger partial charge in [-0.15, -0.1) is 5.10 Å². The van der Waals surface area contributed by atoms with Crippen molar-refractivity contribution in [3.8, 4) is 34.0 Å². The summed E-state index contributed by atoms with van der Waals surface area (Å²) >= 11 is 0. The quantitative estimate of drug-likeness (QED) is 0.0216. The van der Waals surface area contributed by atoms with Crippen LogP contribution in [0.1, 0.15) is 241 Å². The van der Waals surface area contributed by atoms with Gasteiger partial charge in [0.2, 0.25) is 20.0 Å². The smallest absolute Gasteiger partial charge is 0.497 e. The lowest BCUT2D eigenvalue weighted by Gasteiger charge is -2.30. The van der Waals surface area contributed by atoms with Gasteiger partial charge in [0.25, 0.3) is 17.7 Å². The first-order chi connectivity index (χ1) is 65.0. The molecule has 0 radical (unpaired) electrons. The summed E-state index contributed by atoms with van der Waals surface area (Å²) in [6.07, 6.45) is 21.5. The minimum Gasteiger partial charge on any atom is -0.497 e. The maximum absolute atomic E-state index is 14.5. The Kier molecular flexibility index (Phi) is 32.6. The van der Waals surface area contributed by atoms with Crippen molar-refractivity contribution in [2.75, 3.05) is 128 Å². The molecular formula is C98H127BF4N16O15S2. The van der Waals surface area contributed by atoms with Gasteiger partial charge in [0.05, 0.1) is 157 Å². The number of methoxy groups -OCH3 is 2. The lowest BCUT2D eigenvalue weighted by molar-refractivity contribution is -0.480. The molecule has 5 aromatic heterocycles. The summed E-state index contributed by atoms with van der Waals surface area (Å²) in [5, 5.41) is 32.1. The van der Waals surface area contributed by atoms with E-state index in [4.69, 9.17) is 38.7 Å². The number of hydrogen-bond acceptors (Lipinski definition) is 20. The van der Waals surface area contributed by atoms with Crippen molar-refractivity contribution in [2.45, 2.75) is 192 Å². The van der Waals surface area contributed by atoms with Crippen molar-refractivity contribution in [1.29, 1.82) is 0 Å². The minimum atomic E-state index is -6.00. The summed E-state index contributed by atoms with van der Waals surface area (Å²) in [6.45, 7) is 20.5. The van der Waals surface area contributed by atoms with E-state index in [9.17, 15) is 58.4 Å². The van der Waals surface area contributed by atoms with Crippen LogP contribution in [0.2, 0.25) is 0 Å². The highest BCUT2D eigenvalue weighted by Crippen LogP contribution is 2.52. The Balaban J connectivity index is 0.000000161. The number of para-hydroxylation sites is 1. The molecule has 19 rings (SSSR count). The largest absolute Gasteiger partial charge is 0.673 e. The summed E-state index contributed by atoms with van der Waals surface area (Å²) in [4.78, 5) is 67.4. The van der Waals surface area contributed by atoms with Crippen LogP contribution in [0, 0.1) is 13.8 Å². The number of benzene rings is 5. The second kappa shape index (κ2) is 44.0. The molecule has 31 nitrogen and oxygen atoms in total. The number of amidine groups is 1. The normalized spacial score (nSPS) is 17.2. The first-order valence-electron chi connectivity index (χ1n) is 47.2. The number of aromatic nitrogens is 9. The molecule has 38 heteroatoms. The molecule has 5 aliphatic heterocycles. The molecule has 10 heterocycles. The molecule has 5 aromatic carbocycles. The zero-order valence-corrected chi connectivity index (χ0v) is 81.6. The highest BCUT2D eigenvalue weighted by atomic mass is 32.2. The van der Waals surface area contributed by atoms with Crippen molar-refractivity contribution >= 4 is 113 Å². The molecule has 0 bridgehead atoms. The number of ether oxygens (including phenoxy) is 5. The summed E-state index contributed by atoms with van der Waals surface area (Å²) in [5.74, 6) is -0.331. The average molecular weight is 1920 g/mol. The monoisotopic (exact) mass is 1920 g/mol. The number of sulfonamides is 2. The molecule has 0 atom stereocenters. The zero-order valence-electron chi connectivity index (χ0n) is 80.0. The van der Waals surface area contributed by atoms with E-state index in [0.29, 0.717) is 85.6 Å². The fourth-order valence-corrected chi connectivity index (χ4v) is 20.2. The Morgan fingerprint density at radius 2 is 0.993 bits per heavy atom. The number of likely N-dealkylation sites (N-methyl/N-ethyl adjacent to an activating group) is 1. The summed E-state index contributed by atoms with van der Waals surface area (Å²) in [5.41, 5.74) is 17.6. The van der Waals surface area contributed by atoms with E-state index in [1.54, 1.807) is 53.2 Å². The second-order valence-corrected chi connectivity index (χ2v) is 41.4. The maximum atomic E-state index is 14.5. The van der Waals surface area contributed by atoms with Crippen molar-refractivity contribution in [1.82, 2.24) is 73.3 Å². The van der Waals surface area contributed by atoms with Gasteiger partial charge in [-0.2, -0.15) is 10.2 Å². The standard InChI is InChI=1S/C41H49N5O6S.C37H42N4O6S.C11H16N5O.C5H11NO.C4H9NO.BF4/c1-25(2)53(49,50)43-40(47)28-13-15-34-35(23-28)45-24-30(21-29-22-32(51-4)14-16-33(29)39(45)37(34)27-9-6-5-7-10-27)38-36(41(48)44-17-19-52-20-18-44)26(3)42-46(38)31-11-8-12-31;1-21(2)48(45,46)39-36(42)24-13-15-30-31(19-24)40-20-26(34-32(37(43)44)22(3)38-41(34)27-11-8-12-27)17-25-18-28(47-4)14-16-29(25)35(40)33(30)23-9-6-5-7-10-23;1-14(2)11(15(3)4)17-16-10-8-6-5-7-9(10)12-13-16;1-6-2-4-7-5-3-6;1-3-6-4-2-5-1;2-1(3,4)5/h13-16,21-23,25,27,31H,5-12,17-20,24H2,1-4H3,(H,43,47);13-19,21,23,27H,5-12,20H2,1-4H3,(H,39,42)(H,43,44);5-8H,1-4H3;2-5H2,1H3;5H,1-4H2;/q;;+1;;;-1. The first kappa shape index (κ1) is 101. The van der Waals surface area contributed by atoms with E-state index >= 15 is 0 Å². The van der Waals surface area contributed by atoms with Gasteiger partial charge < -0.3 is 70.3 Å². The Hall–Kier alpha value is -11.3. The number of allylic oxidation sites excluding steroid dienone is 2. The van der Waals surface area contributed by atoms with Crippen LogP contribution < -0.4 is 29.1 Å². The molecule has 3 saturated heterocycles. The molecule has 4 aliphatic carbocycles. The lowest BCUT2D eigenvalue weighted by Crippen LogP contribution is -2.41. The van der Waals surface area contributed by atoms with Crippen LogP contribution >= 0.6 is 0 Å². The third-order valence-corrected chi connectivity index (χ3v) is 29.9. The van der Waals surface area contributed by atoms with Crippen LogP contribution in [-0.4, -0.2) is 261 Å². The van der Waals surface area contributed by atoms with Crippen molar-refractivity contribution in [3.63, 3.8) is 0 Å². The summed E-state index contributed by atoms with van der Waals surface area (Å²) < 4.78 is 132. The van der Waals surface area contributed by atoms with Crippen molar-refractivity contribution < 1.29 is 91.5 Å². The van der Waals surface area contributed by atoms with Crippen LogP contribution in [0.25, 0.3) is 78.7 Å². The van der Waals surface area contributed by atoms with Gasteiger partial charge in [-0.1, -0.05) is 67.6 Å². The van der Waals surface area contributed by atoms with E-state index in [0.717, 1.165) is 232 Å². The number of fused-ring (bicyclic) bond motifs is 11. The molecular weight excluding hydrogens is 1790 g/mol. The number of hydrogen-bond donors (Lipinski definition) is 4. The number of aromatic carboxylic acids is 1. The molecule has 0 spiro atoms. The van der Waals surface area contributed by atoms with Crippen LogP contribution in [0.4, 0.5) is 17.3 Å². The number of nitrogens with one attached hydrogen (secondary N) is 3. The average Bonchev–Trinajstić information content (AvgIpc) is 1.57. The Morgan fingerprint density at radius 3 is 1.38 bits per heavy atom. The predicted molar refractivity (Wildman–Crippen MR) is 519 cm³/mol. The molecule has 10 aromatic rings. The van der Waals surface area contributed by atoms with Crippen LogP contribution in [0.15, 0.2) is 97.1 Å². The molecule has 732 valence electrons. The molecule has 4 saturated carbocycles. The minimum absolute atomic E-state index is 0.0341. The van der Waals surface area contributed by atoms with E-state index in [-0.39, 0.29) is 34.7 Å². The van der Waals surface area contributed by atoms with E-state index in [1.165, 1.54) is 42.7 Å². The van der Waals surface area contributed by atoms with Crippen molar-refractivity contribution in [3.05, 3.63) is 164 Å². The number of carbonyl (C=O) groups excluding carboxylic acids is 3. The van der Waals surface area contributed by atoms with Gasteiger partial charge in [-0.25, -0.2) is 40.5 Å². The van der Waals surface area contributed by atoms with Gasteiger partial charge in [-0.05, 0) is 248 Å². The predicted octanol–water partition coefficient (Wildman–Crippen LogP) is 15.3. The van der Waals surface area contributed by atoms with Gasteiger partial charge in [0.15, 0.2) is 0 Å². The topological polar surface area (TPSA) is 337 Å². The van der Waals surface area contributed by atoms with Gasteiger partial charge in [0.1, 0.15) is 28.1 Å². The number of carboxylic acid groups (broad SMARTS) is 1. The fraction of sp³-hybridized carbons (Fsp3) is 0.500. The zero-order chi connectivity index (χ0) is 97.2. The highest BCUT2D eigenvalue weighted by molar-refractivity contribution is 7.90. The number of halogens is 4. The maximum Gasteiger partial charge on any atom is 0.673 e. The number of amides is 3. The Labute approximate surface area is 792 Å². The number of morpholine rings is 3. The first-order valence-corrected chi connectivity index (χ1v) is 50.3. The number of nitrogens with zero attached hydrogens (tertiary/aromatic N) is 13. The van der Waals surface area contributed by atoms with Crippen LogP contribution in [-0.2, 0) is 47.3 Å². The molecule has 4 N–H and O–H groups in total. The molecule has 7 fully saturated rings. The van der Waals surface area contributed by atoms with Crippen LogP contribution in [0.3, 0.4) is 0 Å².